The fourth-order valence-electron chi connectivity index (χ4n) is 3.71. The molecule has 0 aliphatic carbocycles. The Hall–Kier alpha value is -3.58. The van der Waals surface area contributed by atoms with Crippen LogP contribution in [-0.4, -0.2) is 28.5 Å². The fraction of sp³-hybridized carbons (Fsp3) is 0.259. The van der Waals surface area contributed by atoms with Crippen LogP contribution in [0.4, 0.5) is 5.13 Å². The number of fused-ring (bicyclic) bond motifs is 1. The number of aryl methyl sites for hydroxylation is 2. The van der Waals surface area contributed by atoms with Gasteiger partial charge in [-0.15, -0.1) is 0 Å². The van der Waals surface area contributed by atoms with Gasteiger partial charge < -0.3 is 4.74 Å². The number of anilines is 1. The molecule has 0 aliphatic heterocycles. The van der Waals surface area contributed by atoms with E-state index < -0.39 is 5.97 Å². The van der Waals surface area contributed by atoms with Crippen molar-refractivity contribution in [2.45, 2.75) is 40.5 Å². The normalized spacial score (nSPS) is 11.1. The molecule has 7 heteroatoms. The Morgan fingerprint density at radius 3 is 2.44 bits per heavy atom. The van der Waals surface area contributed by atoms with Crippen molar-refractivity contribution in [1.29, 1.82) is 0 Å². The maximum Gasteiger partial charge on any atom is 0.350 e. The molecule has 2 aromatic carbocycles. The molecule has 0 radical (unpaired) electrons. The molecule has 0 atom stereocenters. The minimum atomic E-state index is -0.435. The van der Waals surface area contributed by atoms with Crippen molar-refractivity contribution >= 4 is 39.2 Å². The van der Waals surface area contributed by atoms with Crippen LogP contribution in [0.3, 0.4) is 0 Å². The van der Waals surface area contributed by atoms with Crippen LogP contribution < -0.4 is 5.32 Å². The maximum atomic E-state index is 13.4. The van der Waals surface area contributed by atoms with Crippen molar-refractivity contribution < 1.29 is 14.3 Å². The molecular weight excluding hydrogens is 446 g/mol. The molecule has 34 heavy (non-hydrogen) atoms. The Morgan fingerprint density at radius 2 is 1.76 bits per heavy atom. The smallest absolute Gasteiger partial charge is 0.350 e. The summed E-state index contributed by atoms with van der Waals surface area (Å²) in [5, 5.41) is 3.98. The third-order valence-electron chi connectivity index (χ3n) is 5.56. The lowest BCUT2D eigenvalue weighted by molar-refractivity contribution is 0.0531. The van der Waals surface area contributed by atoms with E-state index in [0.717, 1.165) is 39.1 Å². The molecule has 0 bridgehead atoms. The largest absolute Gasteiger partial charge is 0.462 e. The number of nitrogens with zero attached hydrogens (tertiary/aromatic N) is 2. The lowest BCUT2D eigenvalue weighted by atomic mass is 9.99. The number of aromatic nitrogens is 2. The molecule has 6 nitrogen and oxygen atoms in total. The van der Waals surface area contributed by atoms with Gasteiger partial charge >= 0.3 is 5.97 Å². The van der Waals surface area contributed by atoms with Gasteiger partial charge in [-0.2, -0.15) is 0 Å². The topological polar surface area (TPSA) is 81.2 Å². The molecule has 0 spiro atoms. The first-order valence-corrected chi connectivity index (χ1v) is 12.1. The van der Waals surface area contributed by atoms with Gasteiger partial charge in [0.25, 0.3) is 5.91 Å². The number of thiazole rings is 1. The second-order valence-corrected chi connectivity index (χ2v) is 9.46. The molecule has 0 aliphatic rings. The summed E-state index contributed by atoms with van der Waals surface area (Å²) in [6.45, 7) is 10.0. The Morgan fingerprint density at radius 1 is 1.03 bits per heavy atom. The molecular formula is C27H27N3O3S. The fourth-order valence-corrected chi connectivity index (χ4v) is 4.57. The number of benzene rings is 2. The van der Waals surface area contributed by atoms with Gasteiger partial charge in [-0.05, 0) is 50.5 Å². The van der Waals surface area contributed by atoms with E-state index in [9.17, 15) is 9.59 Å². The summed E-state index contributed by atoms with van der Waals surface area (Å²) in [5.41, 5.74) is 5.71. The van der Waals surface area contributed by atoms with Gasteiger partial charge in [0.2, 0.25) is 0 Å². The summed E-state index contributed by atoms with van der Waals surface area (Å²) in [6, 6.07) is 15.9. The Labute approximate surface area is 203 Å². The highest BCUT2D eigenvalue weighted by atomic mass is 32.1. The van der Waals surface area contributed by atoms with Gasteiger partial charge in [-0.25, -0.2) is 14.8 Å². The highest BCUT2D eigenvalue weighted by Gasteiger charge is 2.20. The number of esters is 1. The average Bonchev–Trinajstić information content (AvgIpc) is 3.18. The minimum Gasteiger partial charge on any atom is -0.462 e. The van der Waals surface area contributed by atoms with E-state index >= 15 is 0 Å². The number of hydrogen-bond acceptors (Lipinski definition) is 6. The predicted molar refractivity (Wildman–Crippen MR) is 137 cm³/mol. The van der Waals surface area contributed by atoms with Crippen LogP contribution in [0.25, 0.3) is 22.2 Å². The molecule has 1 N–H and O–H groups in total. The van der Waals surface area contributed by atoms with Crippen LogP contribution in [0, 0.1) is 13.8 Å². The summed E-state index contributed by atoms with van der Waals surface area (Å²) in [6.07, 6.45) is 0. The number of rotatable bonds is 6. The van der Waals surface area contributed by atoms with Crippen LogP contribution in [0.1, 0.15) is 63.5 Å². The lowest BCUT2D eigenvalue weighted by Crippen LogP contribution is -2.13. The van der Waals surface area contributed by atoms with Gasteiger partial charge in [0, 0.05) is 10.9 Å². The molecule has 4 aromatic rings. The van der Waals surface area contributed by atoms with Crippen molar-refractivity contribution in [2.75, 3.05) is 11.9 Å². The zero-order valence-electron chi connectivity index (χ0n) is 19.9. The van der Waals surface area contributed by atoms with E-state index in [-0.39, 0.29) is 12.5 Å². The van der Waals surface area contributed by atoms with Crippen LogP contribution in [0.2, 0.25) is 0 Å². The molecule has 0 saturated heterocycles. The zero-order valence-corrected chi connectivity index (χ0v) is 20.7. The number of hydrogen-bond donors (Lipinski definition) is 1. The van der Waals surface area contributed by atoms with Crippen molar-refractivity contribution in [3.8, 4) is 11.3 Å². The lowest BCUT2D eigenvalue weighted by Gasteiger charge is -2.11. The third kappa shape index (κ3) is 4.84. The van der Waals surface area contributed by atoms with Crippen molar-refractivity contribution in [1.82, 2.24) is 9.97 Å². The van der Waals surface area contributed by atoms with E-state index in [1.807, 2.05) is 43.3 Å². The molecule has 0 saturated carbocycles. The summed E-state index contributed by atoms with van der Waals surface area (Å²) in [4.78, 5) is 35.1. The third-order valence-corrected chi connectivity index (χ3v) is 6.61. The number of pyridine rings is 1. The molecule has 0 unspecified atom stereocenters. The van der Waals surface area contributed by atoms with Gasteiger partial charge in [0.1, 0.15) is 4.88 Å². The first-order valence-electron chi connectivity index (χ1n) is 11.2. The van der Waals surface area contributed by atoms with E-state index in [0.29, 0.717) is 27.2 Å². The monoisotopic (exact) mass is 473 g/mol. The number of carbonyl (C=O) groups excluding carboxylic acids is 2. The van der Waals surface area contributed by atoms with E-state index in [2.05, 4.69) is 36.3 Å². The summed E-state index contributed by atoms with van der Waals surface area (Å²) in [7, 11) is 0. The SMILES string of the molecule is CCOC(=O)c1sc(NC(=O)c2cc(-c3ccc(C(C)C)cc3)nc3ccc(C)cc23)nc1C. The molecule has 4 rings (SSSR count). The maximum absolute atomic E-state index is 13.4. The highest BCUT2D eigenvalue weighted by Crippen LogP contribution is 2.29. The molecule has 0 fully saturated rings. The second-order valence-electron chi connectivity index (χ2n) is 8.46. The van der Waals surface area contributed by atoms with Gasteiger partial charge in [0.05, 0.1) is 29.1 Å². The Kier molecular flexibility index (Phi) is 6.75. The van der Waals surface area contributed by atoms with E-state index in [1.54, 1.807) is 13.8 Å². The molecule has 2 heterocycles. The average molecular weight is 474 g/mol. The van der Waals surface area contributed by atoms with Crippen LogP contribution in [-0.2, 0) is 4.74 Å². The van der Waals surface area contributed by atoms with Crippen molar-refractivity contribution in [2.24, 2.45) is 0 Å². The van der Waals surface area contributed by atoms with Crippen LogP contribution >= 0.6 is 11.3 Å². The quantitative estimate of drug-likeness (QED) is 0.322. The van der Waals surface area contributed by atoms with Gasteiger partial charge in [-0.3, -0.25) is 10.1 Å². The van der Waals surface area contributed by atoms with Crippen molar-refractivity contribution in [3.63, 3.8) is 0 Å². The second kappa shape index (κ2) is 9.73. The highest BCUT2D eigenvalue weighted by molar-refractivity contribution is 7.17. The number of ether oxygens (including phenoxy) is 1. The van der Waals surface area contributed by atoms with E-state index in [4.69, 9.17) is 9.72 Å². The van der Waals surface area contributed by atoms with Gasteiger partial charge in [0.15, 0.2) is 5.13 Å². The summed E-state index contributed by atoms with van der Waals surface area (Å²) in [5.74, 6) is -0.304. The van der Waals surface area contributed by atoms with E-state index in [1.165, 1.54) is 5.56 Å². The summed E-state index contributed by atoms with van der Waals surface area (Å²) >= 11 is 1.11. The standard InChI is InChI=1S/C27H27N3O3S/c1-6-33-26(32)24-17(5)28-27(34-24)30-25(31)21-14-23(19-10-8-18(9-11-19)15(2)3)29-22-12-7-16(4)13-20(21)22/h7-15H,6H2,1-5H3,(H,28,30,31). The van der Waals surface area contributed by atoms with Crippen LogP contribution in [0.5, 0.6) is 0 Å². The molecule has 1 amide bonds. The van der Waals surface area contributed by atoms with Crippen LogP contribution in [0.15, 0.2) is 48.5 Å². The Balaban J connectivity index is 1.73. The molecule has 2 aromatic heterocycles. The Bertz CT molecular complexity index is 1370. The number of carbonyl (C=O) groups is 2. The summed E-state index contributed by atoms with van der Waals surface area (Å²) < 4.78 is 5.08. The van der Waals surface area contributed by atoms with Crippen molar-refractivity contribution in [3.05, 3.63) is 75.8 Å². The first kappa shape index (κ1) is 23.6. The number of nitrogens with one attached hydrogen (secondary N) is 1. The minimum absolute atomic E-state index is 0.279. The predicted octanol–water partition coefficient (Wildman–Crippen LogP) is 6.53. The number of amides is 1. The van der Waals surface area contributed by atoms with Gasteiger partial charge in [-0.1, -0.05) is 61.1 Å². The molecule has 174 valence electrons. The zero-order chi connectivity index (χ0) is 24.4. The first-order chi connectivity index (χ1) is 16.3.